The third kappa shape index (κ3) is 3.22. The maximum atomic E-state index is 13.1. The molecule has 128 valence electrons. The second-order valence-electron chi connectivity index (χ2n) is 6.84. The van der Waals surface area contributed by atoms with E-state index in [0.29, 0.717) is 24.6 Å². The summed E-state index contributed by atoms with van der Waals surface area (Å²) in [7, 11) is 0. The van der Waals surface area contributed by atoms with E-state index in [2.05, 4.69) is 36.2 Å². The van der Waals surface area contributed by atoms with Crippen LogP contribution in [-0.2, 0) is 4.74 Å². The van der Waals surface area contributed by atoms with Crippen LogP contribution in [0, 0.1) is 19.8 Å². The van der Waals surface area contributed by atoms with Crippen molar-refractivity contribution in [2.75, 3.05) is 13.1 Å². The van der Waals surface area contributed by atoms with Gasteiger partial charge in [0.25, 0.3) is 5.91 Å². The molecule has 1 aromatic carbocycles. The van der Waals surface area contributed by atoms with Gasteiger partial charge in [-0.3, -0.25) is 9.89 Å². The number of hydrogen-bond donors (Lipinski definition) is 1. The number of ether oxygens (including phenoxy) is 1. The first kappa shape index (κ1) is 16.7. The van der Waals surface area contributed by atoms with E-state index < -0.39 is 0 Å². The van der Waals surface area contributed by atoms with Crippen molar-refractivity contribution < 1.29 is 9.53 Å². The average Bonchev–Trinajstić information content (AvgIpc) is 2.93. The minimum Gasteiger partial charge on any atom is -0.366 e. The van der Waals surface area contributed by atoms with Crippen molar-refractivity contribution in [3.8, 4) is 0 Å². The summed E-state index contributed by atoms with van der Waals surface area (Å²) in [6.45, 7) is 9.21. The zero-order valence-corrected chi connectivity index (χ0v) is 14.7. The van der Waals surface area contributed by atoms with Crippen LogP contribution in [-0.4, -0.2) is 40.2 Å². The standard InChI is InChI=1S/C19H25N3O2/c1-12(2)16-10-22(19(23)18-13(3)20-21-14(18)4)11-17(24-16)15-8-6-5-7-9-15/h5-9,12,16-17H,10-11H2,1-4H3,(H,20,21)/t16-,17+/m1/s1. The molecule has 1 amide bonds. The van der Waals surface area contributed by atoms with E-state index in [4.69, 9.17) is 4.74 Å². The predicted molar refractivity (Wildman–Crippen MR) is 92.9 cm³/mol. The van der Waals surface area contributed by atoms with Gasteiger partial charge in [-0.1, -0.05) is 44.2 Å². The number of aromatic amines is 1. The minimum atomic E-state index is -0.0937. The molecule has 1 aliphatic rings. The van der Waals surface area contributed by atoms with Crippen molar-refractivity contribution in [3.63, 3.8) is 0 Å². The van der Waals surface area contributed by atoms with Crippen LogP contribution in [0.15, 0.2) is 30.3 Å². The van der Waals surface area contributed by atoms with Crippen molar-refractivity contribution in [2.24, 2.45) is 5.92 Å². The Bertz CT molecular complexity index is 689. The Morgan fingerprint density at radius 2 is 1.96 bits per heavy atom. The van der Waals surface area contributed by atoms with Crippen LogP contribution in [0.4, 0.5) is 0 Å². The highest BCUT2D eigenvalue weighted by Crippen LogP contribution is 2.29. The van der Waals surface area contributed by atoms with Gasteiger partial charge in [-0.15, -0.1) is 0 Å². The summed E-state index contributed by atoms with van der Waals surface area (Å²) < 4.78 is 6.27. The van der Waals surface area contributed by atoms with Crippen molar-refractivity contribution in [3.05, 3.63) is 52.8 Å². The highest BCUT2D eigenvalue weighted by molar-refractivity contribution is 5.96. The molecule has 1 saturated heterocycles. The Morgan fingerprint density at radius 3 is 2.54 bits per heavy atom. The molecule has 2 heterocycles. The molecule has 0 saturated carbocycles. The summed E-state index contributed by atoms with van der Waals surface area (Å²) in [5.74, 6) is 0.381. The van der Waals surface area contributed by atoms with Crippen LogP contribution in [0.25, 0.3) is 0 Å². The molecule has 5 heteroatoms. The first-order valence-electron chi connectivity index (χ1n) is 8.48. The fourth-order valence-electron chi connectivity index (χ4n) is 3.20. The molecular formula is C19H25N3O2. The molecule has 1 aromatic heterocycles. The van der Waals surface area contributed by atoms with E-state index in [1.165, 1.54) is 0 Å². The largest absolute Gasteiger partial charge is 0.366 e. The molecule has 1 N–H and O–H groups in total. The number of amides is 1. The smallest absolute Gasteiger partial charge is 0.257 e. The maximum Gasteiger partial charge on any atom is 0.257 e. The quantitative estimate of drug-likeness (QED) is 0.941. The van der Waals surface area contributed by atoms with Crippen molar-refractivity contribution in [1.82, 2.24) is 15.1 Å². The lowest BCUT2D eigenvalue weighted by Gasteiger charge is -2.40. The molecule has 0 bridgehead atoms. The molecule has 2 aromatic rings. The van der Waals surface area contributed by atoms with Gasteiger partial charge in [-0.05, 0) is 25.3 Å². The second-order valence-corrected chi connectivity index (χ2v) is 6.84. The van der Waals surface area contributed by atoms with E-state index in [-0.39, 0.29) is 18.1 Å². The highest BCUT2D eigenvalue weighted by Gasteiger charge is 2.34. The molecule has 1 aliphatic heterocycles. The number of aromatic nitrogens is 2. The van der Waals surface area contributed by atoms with Crippen LogP contribution < -0.4 is 0 Å². The number of nitrogens with one attached hydrogen (secondary N) is 1. The van der Waals surface area contributed by atoms with Gasteiger partial charge in [0.05, 0.1) is 23.9 Å². The number of carbonyl (C=O) groups is 1. The molecule has 1 fully saturated rings. The SMILES string of the molecule is Cc1n[nH]c(C)c1C(=O)N1C[C@@H](c2ccccc2)O[C@@H](C(C)C)C1. The van der Waals surface area contributed by atoms with Crippen molar-refractivity contribution in [2.45, 2.75) is 39.9 Å². The Kier molecular flexibility index (Phi) is 4.71. The van der Waals surface area contributed by atoms with E-state index in [1.807, 2.05) is 36.9 Å². The predicted octanol–water partition coefficient (Wildman–Crippen LogP) is 3.26. The van der Waals surface area contributed by atoms with Gasteiger partial charge in [0.2, 0.25) is 0 Å². The fourth-order valence-corrected chi connectivity index (χ4v) is 3.20. The summed E-state index contributed by atoms with van der Waals surface area (Å²) in [5.41, 5.74) is 3.37. The molecule has 24 heavy (non-hydrogen) atoms. The summed E-state index contributed by atoms with van der Waals surface area (Å²) in [6, 6.07) is 10.1. The Morgan fingerprint density at radius 1 is 1.25 bits per heavy atom. The monoisotopic (exact) mass is 327 g/mol. The average molecular weight is 327 g/mol. The number of carbonyl (C=O) groups excluding carboxylic acids is 1. The molecule has 0 spiro atoms. The van der Waals surface area contributed by atoms with E-state index in [9.17, 15) is 4.79 Å². The van der Waals surface area contributed by atoms with Gasteiger partial charge in [0.15, 0.2) is 0 Å². The molecular weight excluding hydrogens is 302 g/mol. The molecule has 0 unspecified atom stereocenters. The first-order valence-corrected chi connectivity index (χ1v) is 8.48. The summed E-state index contributed by atoms with van der Waals surface area (Å²) in [5, 5.41) is 7.06. The third-order valence-corrected chi connectivity index (χ3v) is 4.67. The van der Waals surface area contributed by atoms with Crippen LogP contribution in [0.2, 0.25) is 0 Å². The zero-order chi connectivity index (χ0) is 17.3. The minimum absolute atomic E-state index is 0.0282. The van der Waals surface area contributed by atoms with Gasteiger partial charge in [0, 0.05) is 12.2 Å². The molecule has 0 aliphatic carbocycles. The lowest BCUT2D eigenvalue weighted by molar-refractivity contribution is -0.0954. The van der Waals surface area contributed by atoms with E-state index >= 15 is 0 Å². The Labute approximate surface area is 143 Å². The number of rotatable bonds is 3. The van der Waals surface area contributed by atoms with Crippen LogP contribution in [0.5, 0.6) is 0 Å². The molecule has 3 rings (SSSR count). The lowest BCUT2D eigenvalue weighted by atomic mass is 10.00. The fraction of sp³-hybridized carbons (Fsp3) is 0.474. The third-order valence-electron chi connectivity index (χ3n) is 4.67. The number of morpholine rings is 1. The van der Waals surface area contributed by atoms with Gasteiger partial charge in [-0.2, -0.15) is 5.10 Å². The van der Waals surface area contributed by atoms with Gasteiger partial charge in [-0.25, -0.2) is 0 Å². The molecule has 0 radical (unpaired) electrons. The van der Waals surface area contributed by atoms with Crippen molar-refractivity contribution >= 4 is 5.91 Å². The number of nitrogens with zero attached hydrogens (tertiary/aromatic N) is 2. The van der Waals surface area contributed by atoms with Gasteiger partial charge >= 0.3 is 0 Å². The summed E-state index contributed by atoms with van der Waals surface area (Å²) in [4.78, 5) is 15.0. The maximum absolute atomic E-state index is 13.1. The number of benzene rings is 1. The van der Waals surface area contributed by atoms with Crippen LogP contribution >= 0.6 is 0 Å². The molecule has 5 nitrogen and oxygen atoms in total. The van der Waals surface area contributed by atoms with Gasteiger partial charge < -0.3 is 9.64 Å². The van der Waals surface area contributed by atoms with Crippen LogP contribution in [0.3, 0.4) is 0 Å². The number of H-pyrrole nitrogens is 1. The Balaban J connectivity index is 1.88. The van der Waals surface area contributed by atoms with E-state index in [0.717, 1.165) is 17.0 Å². The zero-order valence-electron chi connectivity index (χ0n) is 14.7. The number of hydrogen-bond acceptors (Lipinski definition) is 3. The topological polar surface area (TPSA) is 58.2 Å². The summed E-state index contributed by atoms with van der Waals surface area (Å²) in [6.07, 6.45) is -0.0655. The second kappa shape index (κ2) is 6.77. The van der Waals surface area contributed by atoms with E-state index in [1.54, 1.807) is 0 Å². The Hall–Kier alpha value is -2.14. The summed E-state index contributed by atoms with van der Waals surface area (Å²) >= 11 is 0. The van der Waals surface area contributed by atoms with Gasteiger partial charge in [0.1, 0.15) is 6.10 Å². The lowest BCUT2D eigenvalue weighted by Crippen LogP contribution is -2.48. The van der Waals surface area contributed by atoms with Crippen LogP contribution in [0.1, 0.15) is 47.3 Å². The number of aryl methyl sites for hydroxylation is 2. The highest BCUT2D eigenvalue weighted by atomic mass is 16.5. The first-order chi connectivity index (χ1) is 11.5. The molecule has 2 atom stereocenters. The normalized spacial score (nSPS) is 21.3. The van der Waals surface area contributed by atoms with Crippen molar-refractivity contribution in [1.29, 1.82) is 0 Å².